The second-order valence-electron chi connectivity index (χ2n) is 5.81. The van der Waals surface area contributed by atoms with Gasteiger partial charge in [-0.3, -0.25) is 20.2 Å². The molecule has 1 aromatic heterocycles. The fourth-order valence-corrected chi connectivity index (χ4v) is 2.16. The summed E-state index contributed by atoms with van der Waals surface area (Å²) in [5.74, 6) is -0.568. The van der Waals surface area contributed by atoms with Crippen LogP contribution in [0.15, 0.2) is 22.6 Å². The smallest absolute Gasteiger partial charge is 0.344 e. The Labute approximate surface area is 157 Å². The van der Waals surface area contributed by atoms with Crippen LogP contribution in [0.25, 0.3) is 0 Å². The maximum Gasteiger partial charge on any atom is 0.344 e. The Hall–Kier alpha value is -3.70. The molecule has 1 aliphatic carbocycles. The van der Waals surface area contributed by atoms with Crippen LogP contribution in [0.3, 0.4) is 0 Å². The number of methoxy groups -OCH3 is 1. The van der Waals surface area contributed by atoms with E-state index in [9.17, 15) is 19.7 Å². The zero-order valence-electron chi connectivity index (χ0n) is 14.7. The molecule has 0 atom stereocenters. The molecule has 12 nitrogen and oxygen atoms in total. The number of carbonyl (C=O) groups excluding carboxylic acids is 2. The molecule has 1 N–H and O–H groups in total. The monoisotopic (exact) mass is 392 g/mol. The van der Waals surface area contributed by atoms with Crippen LogP contribution in [0.1, 0.15) is 24.7 Å². The summed E-state index contributed by atoms with van der Waals surface area (Å²) in [7, 11) is 1.27. The van der Waals surface area contributed by atoms with Gasteiger partial charge in [0.25, 0.3) is 5.91 Å². The van der Waals surface area contributed by atoms with Crippen molar-refractivity contribution in [1.82, 2.24) is 10.2 Å². The van der Waals surface area contributed by atoms with Crippen LogP contribution < -0.4 is 14.8 Å². The van der Waals surface area contributed by atoms with Crippen molar-refractivity contribution in [1.29, 1.82) is 0 Å². The van der Waals surface area contributed by atoms with Gasteiger partial charge < -0.3 is 18.6 Å². The number of anilines is 1. The van der Waals surface area contributed by atoms with Gasteiger partial charge in [0.05, 0.1) is 12.0 Å². The number of nitro benzene ring substituents is 1. The van der Waals surface area contributed by atoms with Crippen LogP contribution in [0.2, 0.25) is 0 Å². The number of amides is 1. The van der Waals surface area contributed by atoms with Crippen molar-refractivity contribution in [2.24, 2.45) is 0 Å². The predicted molar refractivity (Wildman–Crippen MR) is 91.0 cm³/mol. The highest BCUT2D eigenvalue weighted by Gasteiger charge is 2.29. The van der Waals surface area contributed by atoms with Crippen molar-refractivity contribution in [2.45, 2.75) is 18.8 Å². The van der Waals surface area contributed by atoms with E-state index in [1.165, 1.54) is 25.3 Å². The van der Waals surface area contributed by atoms with Crippen molar-refractivity contribution < 1.29 is 33.1 Å². The maximum atomic E-state index is 11.7. The van der Waals surface area contributed by atoms with E-state index in [-0.39, 0.29) is 29.1 Å². The molecule has 0 radical (unpaired) electrons. The Morgan fingerprint density at radius 1 is 1.32 bits per heavy atom. The summed E-state index contributed by atoms with van der Waals surface area (Å²) in [4.78, 5) is 33.6. The van der Waals surface area contributed by atoms with Crippen LogP contribution >= 0.6 is 0 Å². The Bertz CT molecular complexity index is 893. The summed E-state index contributed by atoms with van der Waals surface area (Å²) in [5.41, 5.74) is -0.236. The molecule has 0 saturated heterocycles. The number of nitrogens with zero attached hydrogens (tertiary/aromatic N) is 3. The van der Waals surface area contributed by atoms with Gasteiger partial charge in [-0.05, 0) is 18.9 Å². The number of rotatable bonds is 9. The molecule has 1 heterocycles. The van der Waals surface area contributed by atoms with Gasteiger partial charge in [0.1, 0.15) is 5.75 Å². The summed E-state index contributed by atoms with van der Waals surface area (Å²) in [6.07, 6.45) is 1.96. The first-order valence-electron chi connectivity index (χ1n) is 8.20. The SMILES string of the molecule is COc1cc(OCC(=O)OCC(=O)Nc2nnc(C3CC3)o2)ccc1[N+](=O)[O-]. The van der Waals surface area contributed by atoms with E-state index >= 15 is 0 Å². The summed E-state index contributed by atoms with van der Waals surface area (Å²) in [6, 6.07) is 3.71. The molecule has 1 amide bonds. The molecule has 0 bridgehead atoms. The molecule has 2 aromatic rings. The summed E-state index contributed by atoms with van der Waals surface area (Å²) in [6.45, 7) is -1.06. The fraction of sp³-hybridized carbons (Fsp3) is 0.375. The van der Waals surface area contributed by atoms with Gasteiger partial charge in [0.2, 0.25) is 11.6 Å². The fourth-order valence-electron chi connectivity index (χ4n) is 2.16. The van der Waals surface area contributed by atoms with Crippen LogP contribution in [-0.4, -0.2) is 47.3 Å². The molecule has 28 heavy (non-hydrogen) atoms. The van der Waals surface area contributed by atoms with Gasteiger partial charge in [-0.1, -0.05) is 5.10 Å². The molecule has 0 aliphatic heterocycles. The number of ether oxygens (including phenoxy) is 3. The number of hydrogen-bond donors (Lipinski definition) is 1. The highest BCUT2D eigenvalue weighted by atomic mass is 16.6. The number of esters is 1. The molecule has 3 rings (SSSR count). The van der Waals surface area contributed by atoms with E-state index in [1.54, 1.807) is 0 Å². The highest BCUT2D eigenvalue weighted by molar-refractivity contribution is 5.90. The summed E-state index contributed by atoms with van der Waals surface area (Å²) in [5, 5.41) is 20.7. The average Bonchev–Trinajstić information content (AvgIpc) is 3.43. The normalized spacial score (nSPS) is 12.9. The lowest BCUT2D eigenvalue weighted by atomic mass is 10.3. The zero-order valence-corrected chi connectivity index (χ0v) is 14.7. The molecule has 1 aliphatic rings. The standard InChI is InChI=1S/C16H16N4O8/c1-25-12-6-10(4-5-11(12)20(23)24)26-8-14(22)27-7-13(21)17-16-19-18-15(28-16)9-2-3-9/h4-6,9H,2-3,7-8H2,1H3,(H,17,19,21). The van der Waals surface area contributed by atoms with Crippen molar-refractivity contribution in [3.05, 3.63) is 34.2 Å². The third kappa shape index (κ3) is 4.93. The lowest BCUT2D eigenvalue weighted by Crippen LogP contribution is -2.23. The lowest BCUT2D eigenvalue weighted by molar-refractivity contribution is -0.385. The van der Waals surface area contributed by atoms with Crippen LogP contribution in [0, 0.1) is 10.1 Å². The molecule has 0 unspecified atom stereocenters. The maximum absolute atomic E-state index is 11.7. The zero-order chi connectivity index (χ0) is 20.1. The van der Waals surface area contributed by atoms with E-state index < -0.39 is 30.0 Å². The number of benzene rings is 1. The van der Waals surface area contributed by atoms with Gasteiger partial charge in [0.15, 0.2) is 13.2 Å². The van der Waals surface area contributed by atoms with Crippen molar-refractivity contribution in [2.75, 3.05) is 25.6 Å². The number of carbonyl (C=O) groups is 2. The first-order valence-corrected chi connectivity index (χ1v) is 8.20. The predicted octanol–water partition coefficient (Wildman–Crippen LogP) is 1.42. The number of nitrogens with one attached hydrogen (secondary N) is 1. The molecule has 1 aromatic carbocycles. The minimum absolute atomic E-state index is 0.0135. The van der Waals surface area contributed by atoms with Gasteiger partial charge >= 0.3 is 17.7 Å². The second-order valence-corrected chi connectivity index (χ2v) is 5.81. The topological polar surface area (TPSA) is 156 Å². The number of aromatic nitrogens is 2. The van der Waals surface area contributed by atoms with Crippen molar-refractivity contribution in [3.63, 3.8) is 0 Å². The first kappa shape index (κ1) is 19.1. The lowest BCUT2D eigenvalue weighted by Gasteiger charge is -2.08. The quantitative estimate of drug-likeness (QED) is 0.376. The van der Waals surface area contributed by atoms with E-state index in [1.807, 2.05) is 0 Å². The van der Waals surface area contributed by atoms with Crippen molar-refractivity contribution in [3.8, 4) is 11.5 Å². The molecule has 0 spiro atoms. The average molecular weight is 392 g/mol. The van der Waals surface area contributed by atoms with Crippen LogP contribution in [-0.2, 0) is 14.3 Å². The molecule has 12 heteroatoms. The molecule has 148 valence electrons. The van der Waals surface area contributed by atoms with E-state index in [0.29, 0.717) is 5.89 Å². The van der Waals surface area contributed by atoms with Gasteiger partial charge in [-0.25, -0.2) is 4.79 Å². The van der Waals surface area contributed by atoms with Gasteiger partial charge in [-0.15, -0.1) is 5.10 Å². The third-order valence-corrected chi connectivity index (χ3v) is 3.68. The summed E-state index contributed by atoms with van der Waals surface area (Å²) < 4.78 is 20.1. The highest BCUT2D eigenvalue weighted by Crippen LogP contribution is 2.39. The Morgan fingerprint density at radius 3 is 2.79 bits per heavy atom. The summed E-state index contributed by atoms with van der Waals surface area (Å²) >= 11 is 0. The second kappa shape index (κ2) is 8.33. The molecule has 1 fully saturated rings. The number of hydrogen-bond acceptors (Lipinski definition) is 10. The van der Waals surface area contributed by atoms with E-state index in [0.717, 1.165) is 12.8 Å². The Kier molecular flexibility index (Phi) is 5.67. The Balaban J connectivity index is 1.42. The minimum Gasteiger partial charge on any atom is -0.490 e. The first-order chi connectivity index (χ1) is 13.5. The van der Waals surface area contributed by atoms with Crippen molar-refractivity contribution >= 4 is 23.6 Å². The minimum atomic E-state index is -0.809. The molecular formula is C16H16N4O8. The van der Waals surface area contributed by atoms with Gasteiger partial charge in [-0.2, -0.15) is 0 Å². The van der Waals surface area contributed by atoms with E-state index in [4.69, 9.17) is 18.6 Å². The van der Waals surface area contributed by atoms with Crippen LogP contribution in [0.4, 0.5) is 11.7 Å². The van der Waals surface area contributed by atoms with E-state index in [2.05, 4.69) is 15.5 Å². The largest absolute Gasteiger partial charge is 0.490 e. The third-order valence-electron chi connectivity index (χ3n) is 3.68. The van der Waals surface area contributed by atoms with Gasteiger partial charge in [0, 0.05) is 18.1 Å². The van der Waals surface area contributed by atoms with Crippen LogP contribution in [0.5, 0.6) is 11.5 Å². The molecular weight excluding hydrogens is 376 g/mol. The molecule has 1 saturated carbocycles. The number of nitro groups is 1. The Morgan fingerprint density at radius 2 is 2.11 bits per heavy atom.